The smallest absolute Gasteiger partial charge is 0.245 e. The second-order valence-corrected chi connectivity index (χ2v) is 14.7. The summed E-state index contributed by atoms with van der Waals surface area (Å²) < 4.78 is 0.911. The Kier molecular flexibility index (Phi) is 14.6. The lowest BCUT2D eigenvalue weighted by Gasteiger charge is -2.37. The quantitative estimate of drug-likeness (QED) is 0.103. The molecule has 1 aromatic heterocycles. The van der Waals surface area contributed by atoms with Crippen molar-refractivity contribution in [2.24, 2.45) is 5.73 Å². The number of hydrogen-bond donors (Lipinski definition) is 4. The predicted octanol–water partition coefficient (Wildman–Crippen LogP) is 5.91. The van der Waals surface area contributed by atoms with Crippen molar-refractivity contribution >= 4 is 55.3 Å². The molecule has 2 heterocycles. The van der Waals surface area contributed by atoms with Gasteiger partial charge in [-0.2, -0.15) is 0 Å². The van der Waals surface area contributed by atoms with Crippen LogP contribution in [0.25, 0.3) is 0 Å². The first kappa shape index (κ1) is 39.0. The lowest BCUT2D eigenvalue weighted by atomic mass is 9.87. The topological polar surface area (TPSA) is 141 Å². The number of pyridine rings is 1. The van der Waals surface area contributed by atoms with Crippen LogP contribution in [0, 0.1) is 0 Å². The van der Waals surface area contributed by atoms with Gasteiger partial charge < -0.3 is 31.3 Å². The summed E-state index contributed by atoms with van der Waals surface area (Å²) in [7, 11) is 0. The molecule has 5 N–H and O–H groups in total. The fraction of sp³-hybridized carbons (Fsp3) is 0.350. The van der Waals surface area contributed by atoms with Gasteiger partial charge in [0.05, 0.1) is 8.95 Å². The second kappa shape index (κ2) is 19.5. The summed E-state index contributed by atoms with van der Waals surface area (Å²) in [5, 5.41) is 16.3. The number of nitrogens with two attached hydrogens (primary N) is 1. The van der Waals surface area contributed by atoms with Gasteiger partial charge in [0.2, 0.25) is 17.7 Å². The number of rotatable bonds is 16. The second-order valence-electron chi connectivity index (χ2n) is 13.0. The van der Waals surface area contributed by atoms with Gasteiger partial charge in [0.1, 0.15) is 17.8 Å². The van der Waals surface area contributed by atoms with Crippen LogP contribution in [0.5, 0.6) is 5.75 Å². The third-order valence-corrected chi connectivity index (χ3v) is 10.6. The molecule has 12 heteroatoms. The number of hydrogen-bond acceptors (Lipinski definition) is 7. The average Bonchev–Trinajstić information content (AvgIpc) is 3.17. The average molecular weight is 835 g/mol. The van der Waals surface area contributed by atoms with Crippen molar-refractivity contribution in [2.45, 2.75) is 56.5 Å². The molecule has 2 atom stereocenters. The van der Waals surface area contributed by atoms with Crippen molar-refractivity contribution in [3.63, 3.8) is 0 Å². The van der Waals surface area contributed by atoms with Crippen LogP contribution in [0.3, 0.4) is 0 Å². The van der Waals surface area contributed by atoms with E-state index in [-0.39, 0.29) is 36.3 Å². The Morgan fingerprint density at radius 1 is 0.788 bits per heavy atom. The van der Waals surface area contributed by atoms with E-state index in [1.165, 1.54) is 0 Å². The van der Waals surface area contributed by atoms with Gasteiger partial charge in [-0.1, -0.05) is 60.7 Å². The zero-order valence-electron chi connectivity index (χ0n) is 29.1. The van der Waals surface area contributed by atoms with E-state index in [9.17, 15) is 19.5 Å². The van der Waals surface area contributed by atoms with Gasteiger partial charge in [0, 0.05) is 63.0 Å². The number of carbonyl (C=O) groups is 3. The fourth-order valence-corrected chi connectivity index (χ4v) is 7.88. The van der Waals surface area contributed by atoms with Gasteiger partial charge >= 0.3 is 0 Å². The first-order chi connectivity index (χ1) is 25.2. The van der Waals surface area contributed by atoms with Crippen LogP contribution >= 0.6 is 31.9 Å². The Balaban J connectivity index is 1.31. The Morgan fingerprint density at radius 3 is 1.96 bits per heavy atom. The van der Waals surface area contributed by atoms with E-state index in [0.29, 0.717) is 66.5 Å². The first-order valence-corrected chi connectivity index (χ1v) is 19.3. The molecule has 0 saturated carbocycles. The van der Waals surface area contributed by atoms with E-state index in [4.69, 9.17) is 5.73 Å². The van der Waals surface area contributed by atoms with E-state index in [2.05, 4.69) is 76.6 Å². The van der Waals surface area contributed by atoms with Crippen LogP contribution in [-0.4, -0.2) is 77.5 Å². The molecule has 0 unspecified atom stereocenters. The van der Waals surface area contributed by atoms with Gasteiger partial charge in [-0.25, -0.2) is 0 Å². The Bertz CT molecular complexity index is 1700. The van der Waals surface area contributed by atoms with Crippen molar-refractivity contribution in [3.05, 3.63) is 123 Å². The Labute approximate surface area is 322 Å². The lowest BCUT2D eigenvalue weighted by Crippen LogP contribution is -2.57. The van der Waals surface area contributed by atoms with Crippen molar-refractivity contribution in [1.29, 1.82) is 0 Å². The highest BCUT2D eigenvalue weighted by molar-refractivity contribution is 9.11. The number of benzene rings is 3. The summed E-state index contributed by atoms with van der Waals surface area (Å²) in [6.07, 6.45) is 6.19. The summed E-state index contributed by atoms with van der Waals surface area (Å²) in [4.78, 5) is 49.9. The van der Waals surface area contributed by atoms with Crippen LogP contribution in [0.1, 0.15) is 54.7 Å². The summed E-state index contributed by atoms with van der Waals surface area (Å²) in [5.41, 5.74) is 9.77. The number of amides is 3. The molecule has 1 aliphatic heterocycles. The molecule has 1 fully saturated rings. The molecule has 274 valence electrons. The van der Waals surface area contributed by atoms with Crippen molar-refractivity contribution in [2.75, 3.05) is 37.6 Å². The van der Waals surface area contributed by atoms with Crippen molar-refractivity contribution < 1.29 is 19.5 Å². The van der Waals surface area contributed by atoms with Crippen LogP contribution in [0.4, 0.5) is 5.69 Å². The molecule has 52 heavy (non-hydrogen) atoms. The standard InChI is InChI=1S/C40H46Br2N6O4/c41-33-25-28(26-34(42)38(33)50)27-36(45-37(49)15-14-32(29-9-3-1-4-10-29)30-11-5-2-6-12-30)39(51)46-35(13-7-8-18-43)40(52)48-23-21-47(22-24-48)31-16-19-44-20-17-31/h1-6,9-12,16-17,19-20,25-26,32,35-36,50H,7-8,13-15,18,21-24,27,43H2,(H,45,49)(H,46,51)/t35-,36-/m0/s1. The van der Waals surface area contributed by atoms with Gasteiger partial charge in [0.25, 0.3) is 0 Å². The van der Waals surface area contributed by atoms with Crippen LogP contribution in [0.2, 0.25) is 0 Å². The Morgan fingerprint density at radius 2 is 1.38 bits per heavy atom. The largest absolute Gasteiger partial charge is 0.506 e. The third kappa shape index (κ3) is 10.9. The molecule has 3 aromatic carbocycles. The maximum atomic E-state index is 14.2. The Hall–Kier alpha value is -4.26. The maximum Gasteiger partial charge on any atom is 0.245 e. The lowest BCUT2D eigenvalue weighted by molar-refractivity contribution is -0.137. The first-order valence-electron chi connectivity index (χ1n) is 17.7. The zero-order valence-corrected chi connectivity index (χ0v) is 32.3. The summed E-state index contributed by atoms with van der Waals surface area (Å²) in [5.74, 6) is -0.831. The molecule has 1 saturated heterocycles. The number of piperazine rings is 1. The monoisotopic (exact) mass is 832 g/mol. The third-order valence-electron chi connectivity index (χ3n) is 9.41. The van der Waals surface area contributed by atoms with Gasteiger partial charge in [-0.15, -0.1) is 0 Å². The maximum absolute atomic E-state index is 14.2. The van der Waals surface area contributed by atoms with Crippen molar-refractivity contribution in [3.8, 4) is 5.75 Å². The van der Waals surface area contributed by atoms with Crippen LogP contribution < -0.4 is 21.3 Å². The molecular formula is C40H46Br2N6O4. The predicted molar refractivity (Wildman–Crippen MR) is 211 cm³/mol. The molecule has 0 spiro atoms. The van der Waals surface area contributed by atoms with E-state index in [1.807, 2.05) is 48.5 Å². The summed E-state index contributed by atoms with van der Waals surface area (Å²) in [6.45, 7) is 2.84. The molecular weight excluding hydrogens is 788 g/mol. The van der Waals surface area contributed by atoms with Gasteiger partial charge in [0.15, 0.2) is 0 Å². The number of carbonyl (C=O) groups excluding carboxylic acids is 3. The normalized spacial score (nSPS) is 14.2. The zero-order chi connectivity index (χ0) is 36.9. The van der Waals surface area contributed by atoms with Crippen LogP contribution in [0.15, 0.2) is 106 Å². The van der Waals surface area contributed by atoms with Crippen LogP contribution in [-0.2, 0) is 20.8 Å². The van der Waals surface area contributed by atoms with E-state index in [0.717, 1.165) is 23.2 Å². The minimum atomic E-state index is -0.976. The molecule has 4 aromatic rings. The SMILES string of the molecule is NCCCC[C@H](NC(=O)[C@H](Cc1cc(Br)c(O)c(Br)c1)NC(=O)CCC(c1ccccc1)c1ccccc1)C(=O)N1CCN(c2ccncc2)CC1. The minimum Gasteiger partial charge on any atom is -0.506 e. The molecule has 1 aliphatic rings. The number of anilines is 1. The minimum absolute atomic E-state index is 0.00647. The van der Waals surface area contributed by atoms with Gasteiger partial charge in [-0.3, -0.25) is 19.4 Å². The number of phenolic OH excluding ortho intramolecular Hbond substituents is 1. The van der Waals surface area contributed by atoms with E-state index < -0.39 is 18.0 Å². The fourth-order valence-electron chi connectivity index (χ4n) is 6.60. The highest BCUT2D eigenvalue weighted by Gasteiger charge is 2.31. The molecule has 0 bridgehead atoms. The summed E-state index contributed by atoms with van der Waals surface area (Å²) >= 11 is 6.77. The molecule has 10 nitrogen and oxygen atoms in total. The molecule has 3 amide bonds. The number of nitrogens with one attached hydrogen (secondary N) is 2. The molecule has 5 rings (SSSR count). The van der Waals surface area contributed by atoms with E-state index >= 15 is 0 Å². The molecule has 0 aliphatic carbocycles. The van der Waals surface area contributed by atoms with E-state index in [1.54, 1.807) is 29.4 Å². The highest BCUT2D eigenvalue weighted by atomic mass is 79.9. The number of aromatic hydroxyl groups is 1. The highest BCUT2D eigenvalue weighted by Crippen LogP contribution is 2.34. The molecule has 0 radical (unpaired) electrons. The number of phenols is 1. The number of nitrogens with zero attached hydrogens (tertiary/aromatic N) is 3. The number of unbranched alkanes of at least 4 members (excludes halogenated alkanes) is 1. The van der Waals surface area contributed by atoms with Crippen molar-refractivity contribution in [1.82, 2.24) is 20.5 Å². The van der Waals surface area contributed by atoms with Gasteiger partial charge in [-0.05, 0) is 105 Å². The number of halogens is 2. The number of aromatic nitrogens is 1. The summed E-state index contributed by atoms with van der Waals surface area (Å²) in [6, 6.07) is 25.8.